The van der Waals surface area contributed by atoms with Crippen LogP contribution in [0.2, 0.25) is 0 Å². The topological polar surface area (TPSA) is 89.1 Å². The van der Waals surface area contributed by atoms with Crippen molar-refractivity contribution in [2.24, 2.45) is 0 Å². The van der Waals surface area contributed by atoms with Gasteiger partial charge in [-0.15, -0.1) is 0 Å². The number of aromatic nitrogens is 3. The van der Waals surface area contributed by atoms with Crippen molar-refractivity contribution in [1.82, 2.24) is 15.2 Å². The van der Waals surface area contributed by atoms with Crippen molar-refractivity contribution in [3.63, 3.8) is 0 Å². The number of carbonyl (C=O) groups excluding carboxylic acids is 1. The molecule has 0 atom stereocenters. The summed E-state index contributed by atoms with van der Waals surface area (Å²) in [5, 5.41) is 10.8. The van der Waals surface area contributed by atoms with E-state index in [-0.39, 0.29) is 5.91 Å². The molecule has 7 nitrogen and oxygen atoms in total. The number of aromatic amines is 1. The zero-order chi connectivity index (χ0) is 19.5. The fraction of sp³-hybridized carbons (Fsp3) is 0.0952. The smallest absolute Gasteiger partial charge is 0.273 e. The van der Waals surface area contributed by atoms with Gasteiger partial charge in [-0.25, -0.2) is 0 Å². The molecule has 0 bridgehead atoms. The van der Waals surface area contributed by atoms with Crippen LogP contribution in [0.4, 0.5) is 5.69 Å². The van der Waals surface area contributed by atoms with E-state index in [9.17, 15) is 4.79 Å². The zero-order valence-electron chi connectivity index (χ0n) is 15.4. The second-order valence-corrected chi connectivity index (χ2v) is 6.06. The molecule has 1 amide bonds. The number of amides is 1. The van der Waals surface area contributed by atoms with E-state index in [1.807, 2.05) is 36.4 Å². The number of ether oxygens (including phenoxy) is 2. The quantitative estimate of drug-likeness (QED) is 0.553. The van der Waals surface area contributed by atoms with Gasteiger partial charge in [0.2, 0.25) is 0 Å². The number of methoxy groups -OCH3 is 2. The van der Waals surface area contributed by atoms with Crippen molar-refractivity contribution in [3.8, 4) is 22.8 Å². The van der Waals surface area contributed by atoms with Crippen LogP contribution in [-0.2, 0) is 0 Å². The Morgan fingerprint density at radius 3 is 2.75 bits per heavy atom. The molecule has 0 spiro atoms. The highest BCUT2D eigenvalue weighted by Gasteiger charge is 2.16. The molecule has 0 unspecified atom stereocenters. The fourth-order valence-corrected chi connectivity index (χ4v) is 2.99. The number of hydrogen-bond acceptors (Lipinski definition) is 5. The maximum Gasteiger partial charge on any atom is 0.273 e. The summed E-state index contributed by atoms with van der Waals surface area (Å²) in [6.45, 7) is 0. The second-order valence-electron chi connectivity index (χ2n) is 6.06. The molecule has 4 rings (SSSR count). The number of H-pyrrole nitrogens is 1. The van der Waals surface area contributed by atoms with Crippen molar-refractivity contribution in [2.75, 3.05) is 19.5 Å². The number of benzene rings is 2. The minimum Gasteiger partial charge on any atom is -0.497 e. The lowest BCUT2D eigenvalue weighted by molar-refractivity contribution is 0.102. The van der Waals surface area contributed by atoms with Crippen LogP contribution in [0, 0.1) is 0 Å². The molecular formula is C21H18N4O3. The summed E-state index contributed by atoms with van der Waals surface area (Å²) < 4.78 is 10.7. The summed E-state index contributed by atoms with van der Waals surface area (Å²) in [4.78, 5) is 17.0. The number of rotatable bonds is 5. The summed E-state index contributed by atoms with van der Waals surface area (Å²) in [6.07, 6.45) is 1.72. The molecule has 0 fully saturated rings. The average molecular weight is 374 g/mol. The first-order valence-electron chi connectivity index (χ1n) is 8.62. The molecule has 0 radical (unpaired) electrons. The van der Waals surface area contributed by atoms with Gasteiger partial charge in [-0.1, -0.05) is 6.07 Å². The molecule has 0 aliphatic carbocycles. The number of carbonyl (C=O) groups is 1. The van der Waals surface area contributed by atoms with Gasteiger partial charge in [-0.05, 0) is 48.5 Å². The summed E-state index contributed by atoms with van der Waals surface area (Å²) in [5.74, 6) is 1.02. The maximum absolute atomic E-state index is 12.7. The third-order valence-electron chi connectivity index (χ3n) is 4.40. The number of hydrogen-bond donors (Lipinski definition) is 2. The van der Waals surface area contributed by atoms with Crippen molar-refractivity contribution in [1.29, 1.82) is 0 Å². The van der Waals surface area contributed by atoms with E-state index in [1.165, 1.54) is 0 Å². The van der Waals surface area contributed by atoms with E-state index in [0.717, 1.165) is 16.5 Å². The lowest BCUT2D eigenvalue weighted by Gasteiger charge is -2.08. The van der Waals surface area contributed by atoms with Crippen LogP contribution in [-0.4, -0.2) is 35.3 Å². The van der Waals surface area contributed by atoms with E-state index in [2.05, 4.69) is 20.5 Å². The van der Waals surface area contributed by atoms with Gasteiger partial charge in [0.25, 0.3) is 5.91 Å². The van der Waals surface area contributed by atoms with Gasteiger partial charge in [-0.3, -0.25) is 14.9 Å². The van der Waals surface area contributed by atoms with Crippen molar-refractivity contribution >= 4 is 22.5 Å². The highest BCUT2D eigenvalue weighted by Crippen LogP contribution is 2.32. The van der Waals surface area contributed by atoms with E-state index >= 15 is 0 Å². The first kappa shape index (κ1) is 17.5. The molecule has 28 heavy (non-hydrogen) atoms. The molecule has 4 aromatic rings. The first-order valence-corrected chi connectivity index (χ1v) is 8.62. The standard InChI is InChI=1S/C21H18N4O3/c1-27-13-8-9-20(28-2)15(11-13)18-12-19(25-24-18)21(26)23-17-7-3-6-16-14(17)5-4-10-22-16/h3-12H,1-2H3,(H,23,26)(H,24,25). The molecule has 0 aliphatic rings. The maximum atomic E-state index is 12.7. The minimum atomic E-state index is -0.294. The summed E-state index contributed by atoms with van der Waals surface area (Å²) >= 11 is 0. The van der Waals surface area contributed by atoms with Crippen LogP contribution in [0.1, 0.15) is 10.5 Å². The Labute approximate surface area is 161 Å². The largest absolute Gasteiger partial charge is 0.497 e. The van der Waals surface area contributed by atoms with Gasteiger partial charge in [0, 0.05) is 17.1 Å². The van der Waals surface area contributed by atoms with E-state index in [1.54, 1.807) is 38.6 Å². The van der Waals surface area contributed by atoms with E-state index < -0.39 is 0 Å². The van der Waals surface area contributed by atoms with Crippen molar-refractivity contribution in [3.05, 3.63) is 66.5 Å². The fourth-order valence-electron chi connectivity index (χ4n) is 2.99. The summed E-state index contributed by atoms with van der Waals surface area (Å²) in [7, 11) is 3.17. The van der Waals surface area contributed by atoms with Gasteiger partial charge < -0.3 is 14.8 Å². The number of nitrogens with one attached hydrogen (secondary N) is 2. The Balaban J connectivity index is 1.63. The molecule has 0 saturated carbocycles. The SMILES string of the molecule is COc1ccc(OC)c(-c2cc(C(=O)Nc3cccc4ncccc34)[nH]n2)c1. The molecule has 2 heterocycles. The van der Waals surface area contributed by atoms with Crippen molar-refractivity contribution in [2.45, 2.75) is 0 Å². The third kappa shape index (κ3) is 3.25. The predicted molar refractivity (Wildman–Crippen MR) is 107 cm³/mol. The normalized spacial score (nSPS) is 10.6. The number of fused-ring (bicyclic) bond motifs is 1. The Bertz CT molecular complexity index is 1150. The van der Waals surface area contributed by atoms with Crippen molar-refractivity contribution < 1.29 is 14.3 Å². The Morgan fingerprint density at radius 2 is 1.93 bits per heavy atom. The van der Waals surface area contributed by atoms with Gasteiger partial charge in [0.05, 0.1) is 31.1 Å². The van der Waals surface area contributed by atoms with Crippen LogP contribution in [0.5, 0.6) is 11.5 Å². The monoisotopic (exact) mass is 374 g/mol. The van der Waals surface area contributed by atoms with Gasteiger partial charge in [0.1, 0.15) is 17.2 Å². The summed E-state index contributed by atoms with van der Waals surface area (Å²) in [6, 6.07) is 16.4. The van der Waals surface area contributed by atoms with E-state index in [0.29, 0.717) is 28.6 Å². The Morgan fingerprint density at radius 1 is 1.04 bits per heavy atom. The van der Waals surface area contributed by atoms with Crippen LogP contribution < -0.4 is 14.8 Å². The first-order chi connectivity index (χ1) is 13.7. The molecule has 140 valence electrons. The van der Waals surface area contributed by atoms with Gasteiger partial charge >= 0.3 is 0 Å². The highest BCUT2D eigenvalue weighted by atomic mass is 16.5. The molecular weight excluding hydrogens is 356 g/mol. The molecule has 2 N–H and O–H groups in total. The van der Waals surface area contributed by atoms with Crippen LogP contribution in [0.25, 0.3) is 22.2 Å². The second kappa shape index (κ2) is 7.40. The third-order valence-corrected chi connectivity index (χ3v) is 4.40. The molecule has 0 aliphatic heterocycles. The van der Waals surface area contributed by atoms with Gasteiger partial charge in [0.15, 0.2) is 0 Å². The predicted octanol–water partition coefficient (Wildman–Crippen LogP) is 3.89. The lowest BCUT2D eigenvalue weighted by atomic mass is 10.1. The lowest BCUT2D eigenvalue weighted by Crippen LogP contribution is -2.12. The van der Waals surface area contributed by atoms with E-state index in [4.69, 9.17) is 9.47 Å². The Hall–Kier alpha value is -3.87. The number of nitrogens with zero attached hydrogens (tertiary/aromatic N) is 2. The van der Waals surface area contributed by atoms with Crippen LogP contribution in [0.15, 0.2) is 60.8 Å². The molecule has 2 aromatic carbocycles. The summed E-state index contributed by atoms with van der Waals surface area (Å²) in [5.41, 5.74) is 3.14. The average Bonchev–Trinajstić information content (AvgIpc) is 3.24. The Kier molecular flexibility index (Phi) is 4.63. The zero-order valence-corrected chi connectivity index (χ0v) is 15.4. The van der Waals surface area contributed by atoms with Gasteiger partial charge in [-0.2, -0.15) is 5.10 Å². The number of pyridine rings is 1. The number of anilines is 1. The highest BCUT2D eigenvalue weighted by molar-refractivity contribution is 6.08. The minimum absolute atomic E-state index is 0.294. The van der Waals surface area contributed by atoms with Crippen LogP contribution in [0.3, 0.4) is 0 Å². The van der Waals surface area contributed by atoms with Crippen LogP contribution >= 0.6 is 0 Å². The molecule has 2 aromatic heterocycles. The molecule has 0 saturated heterocycles. The molecule has 7 heteroatoms.